The molecule has 0 unspecified atom stereocenters. The van der Waals surface area contributed by atoms with Gasteiger partial charge in [-0.1, -0.05) is 12.1 Å². The highest BCUT2D eigenvalue weighted by atomic mass is 32.1. The van der Waals surface area contributed by atoms with Gasteiger partial charge >= 0.3 is 0 Å². The van der Waals surface area contributed by atoms with E-state index in [0.717, 1.165) is 41.0 Å². The van der Waals surface area contributed by atoms with E-state index in [1.54, 1.807) is 30.6 Å². The number of carbonyl (C=O) groups is 1. The SMILES string of the molecule is COc1cc(C(=O)N2CCCC[C@H]2c2nc3ccccc3s2)cc2c1OCCO2. The summed E-state index contributed by atoms with van der Waals surface area (Å²) in [6.45, 7) is 1.66. The van der Waals surface area contributed by atoms with Gasteiger partial charge in [-0.2, -0.15) is 0 Å². The molecule has 29 heavy (non-hydrogen) atoms. The number of piperidine rings is 1. The zero-order valence-electron chi connectivity index (χ0n) is 16.2. The number of para-hydroxylation sites is 1. The number of amides is 1. The third kappa shape index (κ3) is 3.29. The largest absolute Gasteiger partial charge is 0.493 e. The van der Waals surface area contributed by atoms with Crippen LogP contribution in [0.15, 0.2) is 36.4 Å². The standard InChI is InChI=1S/C22H22N2O4S/c1-26-17-12-14(13-18-20(17)28-11-10-27-18)22(25)24-9-5-4-7-16(24)21-23-15-6-2-3-8-19(15)29-21/h2-3,6,8,12-13,16H,4-5,7,9-11H2,1H3/t16-/m0/s1. The minimum Gasteiger partial charge on any atom is -0.493 e. The van der Waals surface area contributed by atoms with Crippen molar-refractivity contribution in [2.45, 2.75) is 25.3 Å². The lowest BCUT2D eigenvalue weighted by atomic mass is 10.0. The number of aromatic nitrogens is 1. The van der Waals surface area contributed by atoms with E-state index in [0.29, 0.717) is 36.0 Å². The van der Waals surface area contributed by atoms with Crippen molar-refractivity contribution in [1.29, 1.82) is 0 Å². The first-order chi connectivity index (χ1) is 14.2. The fraction of sp³-hybridized carbons (Fsp3) is 0.364. The summed E-state index contributed by atoms with van der Waals surface area (Å²) >= 11 is 1.68. The normalized spacial score (nSPS) is 18.7. The molecule has 2 aliphatic rings. The van der Waals surface area contributed by atoms with Gasteiger partial charge < -0.3 is 19.1 Å². The van der Waals surface area contributed by atoms with E-state index in [1.807, 2.05) is 23.1 Å². The number of hydrogen-bond acceptors (Lipinski definition) is 6. The molecule has 2 aliphatic heterocycles. The molecule has 0 radical (unpaired) electrons. The molecule has 1 amide bonds. The van der Waals surface area contributed by atoms with Crippen LogP contribution in [0.4, 0.5) is 0 Å². The minimum atomic E-state index is -0.0239. The number of hydrogen-bond donors (Lipinski definition) is 0. The summed E-state index contributed by atoms with van der Waals surface area (Å²) in [7, 11) is 1.58. The van der Waals surface area contributed by atoms with Gasteiger partial charge in [0.15, 0.2) is 11.5 Å². The highest BCUT2D eigenvalue weighted by Gasteiger charge is 2.32. The van der Waals surface area contributed by atoms with E-state index in [9.17, 15) is 4.79 Å². The molecule has 0 bridgehead atoms. The highest BCUT2D eigenvalue weighted by molar-refractivity contribution is 7.18. The Hall–Kier alpha value is -2.80. The highest BCUT2D eigenvalue weighted by Crippen LogP contribution is 2.42. The van der Waals surface area contributed by atoms with Crippen LogP contribution in [0.1, 0.15) is 40.7 Å². The lowest BCUT2D eigenvalue weighted by molar-refractivity contribution is 0.0610. The maximum Gasteiger partial charge on any atom is 0.254 e. The molecule has 1 fully saturated rings. The second kappa shape index (κ2) is 7.55. The summed E-state index contributed by atoms with van der Waals surface area (Å²) in [5, 5.41) is 1.00. The Morgan fingerprint density at radius 1 is 1.21 bits per heavy atom. The number of rotatable bonds is 3. The fourth-order valence-electron chi connectivity index (χ4n) is 4.03. The molecule has 3 heterocycles. The minimum absolute atomic E-state index is 0.00662. The number of methoxy groups -OCH3 is 1. The van der Waals surface area contributed by atoms with Crippen molar-refractivity contribution in [2.24, 2.45) is 0 Å². The summed E-state index contributed by atoms with van der Waals surface area (Å²) in [5.41, 5.74) is 1.55. The van der Waals surface area contributed by atoms with Gasteiger partial charge in [0, 0.05) is 12.1 Å². The summed E-state index contributed by atoms with van der Waals surface area (Å²) < 4.78 is 18.0. The average molecular weight is 410 g/mol. The maximum absolute atomic E-state index is 13.5. The van der Waals surface area contributed by atoms with Gasteiger partial charge in [-0.3, -0.25) is 4.79 Å². The molecular formula is C22H22N2O4S. The fourth-order valence-corrected chi connectivity index (χ4v) is 5.14. The third-order valence-electron chi connectivity index (χ3n) is 5.43. The lowest BCUT2D eigenvalue weighted by Gasteiger charge is -2.35. The molecule has 150 valence electrons. The van der Waals surface area contributed by atoms with Gasteiger partial charge in [0.05, 0.1) is 23.4 Å². The number of ether oxygens (including phenoxy) is 3. The Morgan fingerprint density at radius 3 is 2.93 bits per heavy atom. The van der Waals surface area contributed by atoms with E-state index >= 15 is 0 Å². The van der Waals surface area contributed by atoms with Crippen molar-refractivity contribution in [3.8, 4) is 17.2 Å². The third-order valence-corrected chi connectivity index (χ3v) is 6.57. The van der Waals surface area contributed by atoms with Crippen molar-refractivity contribution >= 4 is 27.5 Å². The molecule has 3 aromatic rings. The van der Waals surface area contributed by atoms with Crippen LogP contribution in [0.25, 0.3) is 10.2 Å². The Morgan fingerprint density at radius 2 is 2.07 bits per heavy atom. The first-order valence-corrected chi connectivity index (χ1v) is 10.7. The molecule has 1 aromatic heterocycles. The monoisotopic (exact) mass is 410 g/mol. The van der Waals surface area contributed by atoms with Gasteiger partial charge in [0.1, 0.15) is 18.2 Å². The predicted octanol–water partition coefficient (Wildman–Crippen LogP) is 4.44. The number of nitrogens with zero attached hydrogens (tertiary/aromatic N) is 2. The number of thiazole rings is 1. The smallest absolute Gasteiger partial charge is 0.254 e. The number of likely N-dealkylation sites (tertiary alicyclic amines) is 1. The van der Waals surface area contributed by atoms with Crippen molar-refractivity contribution in [1.82, 2.24) is 9.88 Å². The Bertz CT molecular complexity index is 1010. The molecule has 0 spiro atoms. The molecule has 1 atom stereocenters. The van der Waals surface area contributed by atoms with Crippen LogP contribution >= 0.6 is 11.3 Å². The summed E-state index contributed by atoms with van der Waals surface area (Å²) in [6.07, 6.45) is 3.01. The first kappa shape index (κ1) is 18.2. The summed E-state index contributed by atoms with van der Waals surface area (Å²) in [4.78, 5) is 20.3. The van der Waals surface area contributed by atoms with Crippen LogP contribution in [0, 0.1) is 0 Å². The van der Waals surface area contributed by atoms with Gasteiger partial charge in [-0.15, -0.1) is 11.3 Å². The molecule has 0 N–H and O–H groups in total. The van der Waals surface area contributed by atoms with E-state index < -0.39 is 0 Å². The second-order valence-electron chi connectivity index (χ2n) is 7.23. The van der Waals surface area contributed by atoms with Gasteiger partial charge in [-0.25, -0.2) is 4.98 Å². The van der Waals surface area contributed by atoms with E-state index in [-0.39, 0.29) is 11.9 Å². The average Bonchev–Trinajstić information content (AvgIpc) is 3.22. The quantitative estimate of drug-likeness (QED) is 0.639. The molecular weight excluding hydrogens is 388 g/mol. The lowest BCUT2D eigenvalue weighted by Crippen LogP contribution is -2.38. The molecule has 7 heteroatoms. The Kier molecular flexibility index (Phi) is 4.75. The maximum atomic E-state index is 13.5. The number of carbonyl (C=O) groups excluding carboxylic acids is 1. The Labute approximate surface area is 173 Å². The van der Waals surface area contributed by atoms with Crippen LogP contribution in [-0.4, -0.2) is 42.7 Å². The van der Waals surface area contributed by atoms with Crippen molar-refractivity contribution in [2.75, 3.05) is 26.9 Å². The predicted molar refractivity (Wildman–Crippen MR) is 111 cm³/mol. The second-order valence-corrected chi connectivity index (χ2v) is 8.29. The first-order valence-electron chi connectivity index (χ1n) is 9.88. The van der Waals surface area contributed by atoms with Crippen LogP contribution in [0.5, 0.6) is 17.2 Å². The van der Waals surface area contributed by atoms with Gasteiger partial charge in [0.25, 0.3) is 5.91 Å². The molecule has 1 saturated heterocycles. The Balaban J connectivity index is 1.50. The van der Waals surface area contributed by atoms with Crippen LogP contribution in [0.3, 0.4) is 0 Å². The van der Waals surface area contributed by atoms with Crippen LogP contribution in [-0.2, 0) is 0 Å². The van der Waals surface area contributed by atoms with Gasteiger partial charge in [-0.05, 0) is 43.5 Å². The van der Waals surface area contributed by atoms with Crippen molar-refractivity contribution in [3.63, 3.8) is 0 Å². The number of benzene rings is 2. The molecule has 0 saturated carbocycles. The zero-order chi connectivity index (χ0) is 19.8. The molecule has 5 rings (SSSR count). The van der Waals surface area contributed by atoms with E-state index in [4.69, 9.17) is 19.2 Å². The van der Waals surface area contributed by atoms with E-state index in [2.05, 4.69) is 6.07 Å². The van der Waals surface area contributed by atoms with E-state index in [1.165, 1.54) is 0 Å². The van der Waals surface area contributed by atoms with Crippen molar-refractivity contribution in [3.05, 3.63) is 47.0 Å². The van der Waals surface area contributed by atoms with Crippen LogP contribution < -0.4 is 14.2 Å². The van der Waals surface area contributed by atoms with Gasteiger partial charge in [0.2, 0.25) is 5.75 Å². The summed E-state index contributed by atoms with van der Waals surface area (Å²) in [5.74, 6) is 1.63. The zero-order valence-corrected chi connectivity index (χ0v) is 17.0. The molecule has 0 aliphatic carbocycles. The molecule has 2 aromatic carbocycles. The van der Waals surface area contributed by atoms with Crippen molar-refractivity contribution < 1.29 is 19.0 Å². The number of fused-ring (bicyclic) bond motifs is 2. The van der Waals surface area contributed by atoms with Crippen LogP contribution in [0.2, 0.25) is 0 Å². The molecule has 6 nitrogen and oxygen atoms in total. The summed E-state index contributed by atoms with van der Waals surface area (Å²) in [6, 6.07) is 11.6. The topological polar surface area (TPSA) is 60.9 Å².